The van der Waals surface area contributed by atoms with Crippen LogP contribution in [0.2, 0.25) is 0 Å². The van der Waals surface area contributed by atoms with Crippen molar-refractivity contribution in [2.24, 2.45) is 0 Å². The predicted octanol–water partition coefficient (Wildman–Crippen LogP) is -1.13. The number of hydrogen-bond donors (Lipinski definition) is 0. The van der Waals surface area contributed by atoms with Gasteiger partial charge in [-0.25, -0.2) is 0 Å². The Hall–Kier alpha value is 1.69. The molecule has 0 aromatic carbocycles. The molecule has 4 heavy (non-hydrogen) atoms. The van der Waals surface area contributed by atoms with E-state index < -0.39 is 0 Å². The van der Waals surface area contributed by atoms with E-state index in [2.05, 4.69) is 0 Å². The largest absolute Gasteiger partial charge is 0.153 e. The van der Waals surface area contributed by atoms with E-state index in [0.717, 1.165) is 0 Å². The minimum Gasteiger partial charge on any atom is -0.153 e. The topological polar surface area (TPSA) is 0 Å². The van der Waals surface area contributed by atoms with Crippen LogP contribution in [0.15, 0.2) is 0 Å². The molecule has 0 nitrogen and oxygen atoms in total. The summed E-state index contributed by atoms with van der Waals surface area (Å²) in [5, 5.41) is 0. The molecule has 0 aliphatic rings. The molecule has 0 saturated carbocycles. The van der Waals surface area contributed by atoms with Gasteiger partial charge in [0.2, 0.25) is 0 Å². The fraction of sp³-hybridized carbons (Fsp3) is 0. The van der Waals surface area contributed by atoms with Crippen molar-refractivity contribution in [2.45, 2.75) is 0 Å². The van der Waals surface area contributed by atoms with Gasteiger partial charge in [-0.05, 0) is 0 Å². The molecule has 0 rings (SSSR count). The van der Waals surface area contributed by atoms with Gasteiger partial charge >= 0.3 is 0 Å². The van der Waals surface area contributed by atoms with Crippen molar-refractivity contribution in [1.29, 1.82) is 0 Å². The van der Waals surface area contributed by atoms with Gasteiger partial charge in [0.05, 0.1) is 8.41 Å². The summed E-state index contributed by atoms with van der Waals surface area (Å²) in [5.41, 5.74) is 0. The number of hydrogen-bond acceptors (Lipinski definition) is 0. The molecule has 0 N–H and O–H groups in total. The zero-order chi connectivity index (χ0) is 0. The third kappa shape index (κ3) is 9.35. The molecular formula is H6BCoMoP. The Balaban J connectivity index is 0. The molecule has 0 aliphatic heterocycles. The average molecular weight is 203 g/mol. The maximum Gasteiger partial charge on any atom is 0.0814 e. The molecule has 4 heteroatoms. The van der Waals surface area contributed by atoms with Gasteiger partial charge in [-0.15, -0.1) is 0 Å². The standard InChI is InChI=1S/BH3.Co.Mo.H3P/h1H3;;;1H3. The van der Waals surface area contributed by atoms with E-state index in [-0.39, 0.29) is 56.2 Å². The molecular weight excluding hydrogens is 197 g/mol. The van der Waals surface area contributed by atoms with E-state index in [1.165, 1.54) is 0 Å². The first-order chi connectivity index (χ1) is 0. The monoisotopic (exact) mass is 205 g/mol. The Morgan fingerprint density at radius 1 is 1.00 bits per heavy atom. The Morgan fingerprint density at radius 2 is 1.00 bits per heavy atom. The van der Waals surface area contributed by atoms with Crippen molar-refractivity contribution < 1.29 is 37.8 Å². The van der Waals surface area contributed by atoms with Crippen molar-refractivity contribution in [3.63, 3.8) is 0 Å². The molecule has 0 bridgehead atoms. The predicted molar refractivity (Wildman–Crippen MR) is 21.0 cm³/mol. The van der Waals surface area contributed by atoms with Gasteiger partial charge in [0.1, 0.15) is 0 Å². The Kier molecular flexibility index (Phi) is 245. The zero-order valence-corrected chi connectivity index (χ0v) is 5.91. The summed E-state index contributed by atoms with van der Waals surface area (Å²) in [7, 11) is 0. The van der Waals surface area contributed by atoms with Gasteiger partial charge in [0.15, 0.2) is 0 Å². The second kappa shape index (κ2) is 22.4. The Morgan fingerprint density at radius 3 is 1.00 bits per heavy atom. The van der Waals surface area contributed by atoms with Gasteiger partial charge in [-0.2, -0.15) is 9.90 Å². The number of rotatable bonds is 0. The summed E-state index contributed by atoms with van der Waals surface area (Å²) in [6, 6.07) is 0. The molecule has 1 atom stereocenters. The van der Waals surface area contributed by atoms with Crippen LogP contribution in [0.5, 0.6) is 0 Å². The molecule has 0 aromatic rings. The van der Waals surface area contributed by atoms with Gasteiger partial charge in [0.25, 0.3) is 0 Å². The molecule has 0 amide bonds. The molecule has 0 aliphatic carbocycles. The minimum absolute atomic E-state index is 0. The van der Waals surface area contributed by atoms with Crippen LogP contribution in [-0.2, 0) is 37.8 Å². The average Bonchev–Trinajstić information content (AvgIpc) is 0. The van der Waals surface area contributed by atoms with E-state index in [1.807, 2.05) is 0 Å². The summed E-state index contributed by atoms with van der Waals surface area (Å²) in [5.74, 6) is 0. The quantitative estimate of drug-likeness (QED) is 0.345. The van der Waals surface area contributed by atoms with Crippen LogP contribution in [0.4, 0.5) is 0 Å². The van der Waals surface area contributed by atoms with Crippen molar-refractivity contribution in [3.05, 3.63) is 0 Å². The molecule has 1 radical (unpaired) electrons. The van der Waals surface area contributed by atoms with Crippen molar-refractivity contribution >= 4 is 18.3 Å². The zero-order valence-electron chi connectivity index (χ0n) is 1.45. The maximum absolute atomic E-state index is 0. The molecule has 29 valence electrons. The van der Waals surface area contributed by atoms with Gasteiger partial charge in [-0.1, -0.05) is 0 Å². The summed E-state index contributed by atoms with van der Waals surface area (Å²) in [4.78, 5) is 0. The summed E-state index contributed by atoms with van der Waals surface area (Å²) < 4.78 is 0. The minimum atomic E-state index is 0. The SMILES string of the molecule is B.P.[Co].[Mo]. The Bertz CT molecular complexity index is 8.00. The normalized spacial score (nSPS) is 0. The van der Waals surface area contributed by atoms with Crippen LogP contribution in [0, 0.1) is 0 Å². The second-order valence-corrected chi connectivity index (χ2v) is 0. The first kappa shape index (κ1) is 43.8. The Labute approximate surface area is 56.1 Å². The molecule has 0 spiro atoms. The fourth-order valence-electron chi connectivity index (χ4n) is 0. The molecule has 1 unspecified atom stereocenters. The molecule has 0 fully saturated rings. The van der Waals surface area contributed by atoms with Gasteiger partial charge < -0.3 is 0 Å². The van der Waals surface area contributed by atoms with Gasteiger partial charge in [-0.3, -0.25) is 0 Å². The van der Waals surface area contributed by atoms with E-state index in [1.54, 1.807) is 0 Å². The first-order valence-electron chi connectivity index (χ1n) is 0. The van der Waals surface area contributed by atoms with Crippen LogP contribution in [0.1, 0.15) is 0 Å². The van der Waals surface area contributed by atoms with E-state index >= 15 is 0 Å². The first-order valence-corrected chi connectivity index (χ1v) is 0. The summed E-state index contributed by atoms with van der Waals surface area (Å²) >= 11 is 0. The van der Waals surface area contributed by atoms with E-state index in [4.69, 9.17) is 0 Å². The summed E-state index contributed by atoms with van der Waals surface area (Å²) in [6.45, 7) is 0. The van der Waals surface area contributed by atoms with Gasteiger partial charge in [0, 0.05) is 37.8 Å². The molecule has 0 aromatic heterocycles. The molecule has 0 heterocycles. The van der Waals surface area contributed by atoms with E-state index in [9.17, 15) is 0 Å². The van der Waals surface area contributed by atoms with Crippen molar-refractivity contribution in [2.75, 3.05) is 0 Å². The van der Waals surface area contributed by atoms with Crippen molar-refractivity contribution in [3.8, 4) is 0 Å². The summed E-state index contributed by atoms with van der Waals surface area (Å²) in [6.07, 6.45) is 0. The van der Waals surface area contributed by atoms with Crippen LogP contribution in [-0.4, -0.2) is 8.41 Å². The smallest absolute Gasteiger partial charge is 0.0814 e. The molecule has 0 saturated heterocycles. The maximum atomic E-state index is 0. The van der Waals surface area contributed by atoms with Crippen molar-refractivity contribution in [1.82, 2.24) is 0 Å². The van der Waals surface area contributed by atoms with E-state index in [0.29, 0.717) is 0 Å². The second-order valence-electron chi connectivity index (χ2n) is 0. The van der Waals surface area contributed by atoms with Crippen LogP contribution in [0.25, 0.3) is 0 Å². The van der Waals surface area contributed by atoms with Crippen LogP contribution in [0.3, 0.4) is 0 Å². The van der Waals surface area contributed by atoms with Crippen LogP contribution < -0.4 is 0 Å². The third-order valence-corrected chi connectivity index (χ3v) is 0. The third-order valence-electron chi connectivity index (χ3n) is 0. The van der Waals surface area contributed by atoms with Crippen LogP contribution >= 0.6 is 9.90 Å². The fourth-order valence-corrected chi connectivity index (χ4v) is 0.